The minimum absolute atomic E-state index is 0.0940. The number of hydrogen-bond donors (Lipinski definition) is 0. The van der Waals surface area contributed by atoms with Crippen LogP contribution >= 0.6 is 0 Å². The van der Waals surface area contributed by atoms with Crippen LogP contribution in [0.15, 0.2) is 22.8 Å². The quantitative estimate of drug-likeness (QED) is 0.470. The smallest absolute Gasteiger partial charge is 0.354 e. The van der Waals surface area contributed by atoms with Crippen LogP contribution in [0.1, 0.15) is 71.0 Å². The van der Waals surface area contributed by atoms with Crippen LogP contribution in [0.5, 0.6) is 0 Å². The molecule has 1 atom stereocenters. The number of esters is 1. The number of nitrogens with zero attached hydrogens (tertiary/aromatic N) is 2. The number of Topliss-reactive ketones (excluding diaryl/α,β-unsaturated/α-hetero) is 1. The lowest BCUT2D eigenvalue weighted by Crippen LogP contribution is -2.43. The van der Waals surface area contributed by atoms with Crippen LogP contribution in [0.4, 0.5) is 0 Å². The van der Waals surface area contributed by atoms with Gasteiger partial charge in [-0.05, 0) is 44.9 Å². The maximum absolute atomic E-state index is 13.4. The van der Waals surface area contributed by atoms with Crippen LogP contribution in [0.25, 0.3) is 0 Å². The molecule has 0 saturated heterocycles. The average molecular weight is 402 g/mol. The monoisotopic (exact) mass is 402 g/mol. The van der Waals surface area contributed by atoms with Crippen molar-refractivity contribution in [3.8, 4) is 0 Å². The van der Waals surface area contributed by atoms with E-state index in [9.17, 15) is 14.4 Å². The summed E-state index contributed by atoms with van der Waals surface area (Å²) in [6.07, 6.45) is 3.56. The minimum atomic E-state index is -0.699. The number of carbonyl (C=O) groups is 3. The lowest BCUT2D eigenvalue weighted by atomic mass is 9.99. The first-order valence-corrected chi connectivity index (χ1v) is 9.84. The molecule has 0 aliphatic rings. The van der Waals surface area contributed by atoms with E-state index < -0.39 is 12.0 Å². The molecule has 1 amide bonds. The molecule has 158 valence electrons. The second kappa shape index (κ2) is 9.58. The highest BCUT2D eigenvalue weighted by Crippen LogP contribution is 2.25. The van der Waals surface area contributed by atoms with Crippen molar-refractivity contribution < 1.29 is 23.5 Å². The van der Waals surface area contributed by atoms with Crippen molar-refractivity contribution in [2.45, 2.75) is 59.5 Å². The number of aromatic nitrogens is 1. The van der Waals surface area contributed by atoms with E-state index in [0.29, 0.717) is 34.7 Å². The van der Waals surface area contributed by atoms with E-state index in [1.54, 1.807) is 55.7 Å². The zero-order valence-corrected chi connectivity index (χ0v) is 18.1. The van der Waals surface area contributed by atoms with Gasteiger partial charge in [-0.15, -0.1) is 0 Å². The molecule has 7 nitrogen and oxygen atoms in total. The third kappa shape index (κ3) is 4.60. The molecule has 2 heterocycles. The first-order valence-electron chi connectivity index (χ1n) is 9.84. The summed E-state index contributed by atoms with van der Waals surface area (Å²) in [5.41, 5.74) is 2.02. The molecule has 0 spiro atoms. The van der Waals surface area contributed by atoms with Gasteiger partial charge in [0.1, 0.15) is 11.5 Å². The molecular weight excluding hydrogens is 372 g/mol. The van der Waals surface area contributed by atoms with Gasteiger partial charge in [0.25, 0.3) is 0 Å². The highest BCUT2D eigenvalue weighted by molar-refractivity contribution is 6.06. The van der Waals surface area contributed by atoms with E-state index in [1.807, 2.05) is 6.92 Å². The van der Waals surface area contributed by atoms with Gasteiger partial charge in [0, 0.05) is 24.7 Å². The number of carbonyl (C=O) groups excluding carboxylic acids is 3. The summed E-state index contributed by atoms with van der Waals surface area (Å²) in [7, 11) is 3.04. The summed E-state index contributed by atoms with van der Waals surface area (Å²) < 4.78 is 11.9. The van der Waals surface area contributed by atoms with E-state index in [0.717, 1.165) is 12.8 Å². The summed E-state index contributed by atoms with van der Waals surface area (Å²) in [5, 5.41) is 0. The molecule has 2 rings (SSSR count). The summed E-state index contributed by atoms with van der Waals surface area (Å²) in [6.45, 7) is 7.48. The van der Waals surface area contributed by atoms with E-state index in [-0.39, 0.29) is 18.2 Å². The SMILES string of the molecule is CCCCC(=O)N(Cc1ccco1)[C@@H](C)C(=O)c1c(C)c(C(=O)OC)n(C)c1C. The highest BCUT2D eigenvalue weighted by Gasteiger charge is 2.32. The van der Waals surface area contributed by atoms with Crippen molar-refractivity contribution in [2.24, 2.45) is 7.05 Å². The van der Waals surface area contributed by atoms with Gasteiger partial charge in [-0.2, -0.15) is 0 Å². The zero-order valence-electron chi connectivity index (χ0n) is 18.1. The molecule has 0 aliphatic heterocycles. The van der Waals surface area contributed by atoms with Gasteiger partial charge in [-0.1, -0.05) is 13.3 Å². The van der Waals surface area contributed by atoms with Gasteiger partial charge < -0.3 is 18.6 Å². The first kappa shape index (κ1) is 22.5. The van der Waals surface area contributed by atoms with Crippen molar-refractivity contribution in [3.05, 3.63) is 46.7 Å². The number of hydrogen-bond acceptors (Lipinski definition) is 5. The molecule has 2 aromatic heterocycles. The Morgan fingerprint density at radius 2 is 1.97 bits per heavy atom. The number of furan rings is 1. The molecule has 7 heteroatoms. The van der Waals surface area contributed by atoms with E-state index in [2.05, 4.69) is 0 Å². The molecule has 29 heavy (non-hydrogen) atoms. The molecule has 0 fully saturated rings. The second-order valence-corrected chi connectivity index (χ2v) is 7.23. The maximum Gasteiger partial charge on any atom is 0.354 e. The Hall–Kier alpha value is -2.83. The Kier molecular flexibility index (Phi) is 7.42. The number of ether oxygens (including phenoxy) is 1. The number of methoxy groups -OCH3 is 1. The lowest BCUT2D eigenvalue weighted by Gasteiger charge is -2.28. The van der Waals surface area contributed by atoms with E-state index >= 15 is 0 Å². The number of amides is 1. The minimum Gasteiger partial charge on any atom is -0.467 e. The van der Waals surface area contributed by atoms with Crippen LogP contribution in [0.2, 0.25) is 0 Å². The Balaban J connectivity index is 2.40. The standard InChI is InChI=1S/C22H30N2O5/c1-7-8-11-18(25)24(13-17-10-9-12-29-17)16(4)21(26)19-14(2)20(22(27)28-6)23(5)15(19)3/h9-10,12,16H,7-8,11,13H2,1-6H3/t16-/m0/s1. The number of ketones is 1. The predicted molar refractivity (Wildman–Crippen MR) is 109 cm³/mol. The fourth-order valence-electron chi connectivity index (χ4n) is 3.56. The fourth-order valence-corrected chi connectivity index (χ4v) is 3.56. The molecule has 0 aliphatic carbocycles. The fraction of sp³-hybridized carbons (Fsp3) is 0.500. The van der Waals surface area contributed by atoms with Crippen molar-refractivity contribution in [2.75, 3.05) is 7.11 Å². The topological polar surface area (TPSA) is 81.8 Å². The van der Waals surface area contributed by atoms with Gasteiger partial charge in [0.05, 0.1) is 26.0 Å². The van der Waals surface area contributed by atoms with E-state index in [4.69, 9.17) is 9.15 Å². The van der Waals surface area contributed by atoms with Crippen molar-refractivity contribution in [1.29, 1.82) is 0 Å². The number of unbranched alkanes of at least 4 members (excludes halogenated alkanes) is 1. The Morgan fingerprint density at radius 1 is 1.28 bits per heavy atom. The summed E-state index contributed by atoms with van der Waals surface area (Å²) in [4.78, 5) is 40.0. The maximum atomic E-state index is 13.4. The highest BCUT2D eigenvalue weighted by atomic mass is 16.5. The van der Waals surface area contributed by atoms with Crippen LogP contribution in [-0.2, 0) is 23.1 Å². The Bertz CT molecular complexity index is 880. The van der Waals surface area contributed by atoms with Gasteiger partial charge in [-0.3, -0.25) is 9.59 Å². The molecule has 0 unspecified atom stereocenters. The first-order chi connectivity index (χ1) is 13.7. The van der Waals surface area contributed by atoms with Crippen LogP contribution in [-0.4, -0.2) is 40.3 Å². The van der Waals surface area contributed by atoms with Crippen molar-refractivity contribution in [1.82, 2.24) is 9.47 Å². The van der Waals surface area contributed by atoms with Gasteiger partial charge in [0.2, 0.25) is 5.91 Å². The zero-order chi connectivity index (χ0) is 21.7. The number of rotatable bonds is 9. The third-order valence-electron chi connectivity index (χ3n) is 5.37. The van der Waals surface area contributed by atoms with Crippen LogP contribution in [0, 0.1) is 13.8 Å². The van der Waals surface area contributed by atoms with Crippen LogP contribution < -0.4 is 0 Å². The largest absolute Gasteiger partial charge is 0.467 e. The molecule has 2 aromatic rings. The van der Waals surface area contributed by atoms with E-state index in [1.165, 1.54) is 7.11 Å². The van der Waals surface area contributed by atoms with Crippen LogP contribution in [0.3, 0.4) is 0 Å². The summed E-state index contributed by atoms with van der Waals surface area (Å²) in [6, 6.07) is 2.84. The van der Waals surface area contributed by atoms with Gasteiger partial charge in [-0.25, -0.2) is 4.79 Å². The molecule has 0 radical (unpaired) electrons. The normalized spacial score (nSPS) is 11.9. The van der Waals surface area contributed by atoms with Gasteiger partial charge >= 0.3 is 5.97 Å². The lowest BCUT2D eigenvalue weighted by molar-refractivity contribution is -0.133. The molecular formula is C22H30N2O5. The molecule has 0 saturated carbocycles. The van der Waals surface area contributed by atoms with Gasteiger partial charge in [0.15, 0.2) is 5.78 Å². The molecule has 0 aromatic carbocycles. The summed E-state index contributed by atoms with van der Waals surface area (Å²) >= 11 is 0. The second-order valence-electron chi connectivity index (χ2n) is 7.23. The molecule has 0 bridgehead atoms. The molecule has 0 N–H and O–H groups in total. The third-order valence-corrected chi connectivity index (χ3v) is 5.37. The summed E-state index contributed by atoms with van der Waals surface area (Å²) in [5.74, 6) is -0.178. The van der Waals surface area contributed by atoms with Crippen molar-refractivity contribution in [3.63, 3.8) is 0 Å². The average Bonchev–Trinajstić information content (AvgIpc) is 3.29. The Morgan fingerprint density at radius 3 is 2.52 bits per heavy atom. The van der Waals surface area contributed by atoms with Crippen molar-refractivity contribution >= 4 is 17.7 Å². The predicted octanol–water partition coefficient (Wildman–Crippen LogP) is 3.81. The Labute approximate surface area is 171 Å².